The van der Waals surface area contributed by atoms with Gasteiger partial charge < -0.3 is 37.8 Å². The largest absolute Gasteiger partial charge is 0.780 e. The van der Waals surface area contributed by atoms with Crippen LogP contribution in [-0.4, -0.2) is 25.4 Å². The van der Waals surface area contributed by atoms with Crippen LogP contribution < -0.4 is 33.3 Å². The summed E-state index contributed by atoms with van der Waals surface area (Å²) in [6.07, 6.45) is 1.56. The lowest BCUT2D eigenvalue weighted by atomic mass is 10.0. The van der Waals surface area contributed by atoms with Crippen LogP contribution in [0.4, 0.5) is 0 Å². The number of phosphoric ester groups is 1. The van der Waals surface area contributed by atoms with Gasteiger partial charge in [0.2, 0.25) is 12.5 Å². The van der Waals surface area contributed by atoms with Gasteiger partial charge in [0, 0.05) is 29.0 Å². The smallest absolute Gasteiger partial charge is 0.231 e. The molecule has 1 aliphatic rings. The van der Waals surface area contributed by atoms with Gasteiger partial charge in [0.1, 0.15) is 19.3 Å². The Morgan fingerprint density at radius 2 is 1.90 bits per heavy atom. The van der Waals surface area contributed by atoms with Gasteiger partial charge in [-0.1, -0.05) is 0 Å². The van der Waals surface area contributed by atoms with Gasteiger partial charge in [-0.3, -0.25) is 0 Å². The summed E-state index contributed by atoms with van der Waals surface area (Å²) in [5.74, 6) is 1.71. The highest BCUT2D eigenvalue weighted by Gasteiger charge is 2.23. The Bertz CT molecular complexity index is 1110. The summed E-state index contributed by atoms with van der Waals surface area (Å²) in [4.78, 5) is 23.2. The number of hydrogen-bond donors (Lipinski definition) is 0. The van der Waals surface area contributed by atoms with Crippen molar-refractivity contribution >= 4 is 19.4 Å². The maximum Gasteiger partial charge on any atom is 0.231 e. The van der Waals surface area contributed by atoms with Crippen LogP contribution in [0.1, 0.15) is 0 Å². The van der Waals surface area contributed by atoms with Gasteiger partial charge in [-0.25, -0.2) is 0 Å². The molecule has 0 radical (unpaired) electrons. The van der Waals surface area contributed by atoms with Crippen molar-refractivity contribution < 1.29 is 37.8 Å². The Kier molecular flexibility index (Phi) is 5.10. The molecule has 2 heterocycles. The van der Waals surface area contributed by atoms with Gasteiger partial charge in [-0.05, 0) is 35.8 Å². The van der Waals surface area contributed by atoms with Crippen molar-refractivity contribution in [2.45, 2.75) is 0 Å². The Hall–Kier alpha value is -2.78. The van der Waals surface area contributed by atoms with Crippen LogP contribution in [0.5, 0.6) is 28.7 Å². The molecule has 0 amide bonds. The molecule has 4 rings (SSSR count). The summed E-state index contributed by atoms with van der Waals surface area (Å²) >= 11 is 1.18. The first kappa shape index (κ1) is 19.5. The first-order valence-corrected chi connectivity index (χ1v) is 10.5. The zero-order chi connectivity index (χ0) is 20.6. The average Bonchev–Trinajstić information content (AvgIpc) is 3.35. The molecule has 0 unspecified atom stereocenters. The summed E-state index contributed by atoms with van der Waals surface area (Å²) in [5, 5.41) is 0. The Morgan fingerprint density at radius 1 is 1.07 bits per heavy atom. The topological polar surface area (TPSA) is 122 Å². The third kappa shape index (κ3) is 3.88. The van der Waals surface area contributed by atoms with Crippen molar-refractivity contribution in [3.8, 4) is 50.3 Å². The molecule has 0 saturated heterocycles. The van der Waals surface area contributed by atoms with E-state index in [0.717, 1.165) is 5.56 Å². The molecule has 2 aromatic carbocycles. The molecular formula is C18H14NO8PS-2. The second-order valence-corrected chi connectivity index (χ2v) is 7.76. The molecule has 0 N–H and O–H groups in total. The molecule has 11 heteroatoms. The van der Waals surface area contributed by atoms with Gasteiger partial charge in [0.25, 0.3) is 0 Å². The van der Waals surface area contributed by atoms with Crippen molar-refractivity contribution in [2.75, 3.05) is 21.0 Å². The normalized spacial score (nSPS) is 12.7. The predicted octanol–water partition coefficient (Wildman–Crippen LogP) is 2.43. The van der Waals surface area contributed by atoms with Crippen molar-refractivity contribution in [2.24, 2.45) is 0 Å². The van der Waals surface area contributed by atoms with Crippen molar-refractivity contribution in [1.82, 2.24) is 4.37 Å². The van der Waals surface area contributed by atoms with Gasteiger partial charge in [0.15, 0.2) is 11.5 Å². The van der Waals surface area contributed by atoms with Gasteiger partial charge in [-0.2, -0.15) is 4.37 Å². The standard InChI is InChI=1S/C18H16NO8PS/c1-23-11-3-4-12(14(7-11)27-28(20,21)22)13-8-19-29-18(13)10-5-15(24-2)17-16(6-10)25-9-26-17/h3-8H,9H2,1-2H3,(H2,20,21,22)/p-2. The molecule has 29 heavy (non-hydrogen) atoms. The molecule has 0 fully saturated rings. The second kappa shape index (κ2) is 7.57. The number of aromatic nitrogens is 1. The van der Waals surface area contributed by atoms with E-state index >= 15 is 0 Å². The van der Waals surface area contributed by atoms with Gasteiger partial charge in [0.05, 0.1) is 19.1 Å². The lowest BCUT2D eigenvalue weighted by molar-refractivity contribution is -0.333. The third-order valence-electron chi connectivity index (χ3n) is 4.18. The molecular weight excluding hydrogens is 421 g/mol. The van der Waals surface area contributed by atoms with Gasteiger partial charge >= 0.3 is 0 Å². The van der Waals surface area contributed by atoms with E-state index in [-0.39, 0.29) is 12.5 Å². The van der Waals surface area contributed by atoms with E-state index in [2.05, 4.69) is 8.90 Å². The van der Waals surface area contributed by atoms with Crippen LogP contribution >= 0.6 is 19.4 Å². The van der Waals surface area contributed by atoms with E-state index in [0.29, 0.717) is 39.0 Å². The fraction of sp³-hybridized carbons (Fsp3) is 0.167. The zero-order valence-electron chi connectivity index (χ0n) is 15.2. The number of hydrogen-bond acceptors (Lipinski definition) is 10. The highest BCUT2D eigenvalue weighted by atomic mass is 32.1. The second-order valence-electron chi connectivity index (χ2n) is 5.88. The van der Waals surface area contributed by atoms with Crippen molar-refractivity contribution in [3.05, 3.63) is 36.5 Å². The molecule has 9 nitrogen and oxygen atoms in total. The minimum absolute atomic E-state index is 0.0868. The number of methoxy groups -OCH3 is 2. The summed E-state index contributed by atoms with van der Waals surface area (Å²) in [6.45, 7) is 0.0868. The first-order chi connectivity index (χ1) is 13.9. The Labute approximate surface area is 169 Å². The van der Waals surface area contributed by atoms with Crippen LogP contribution in [0, 0.1) is 0 Å². The van der Waals surface area contributed by atoms with Crippen LogP contribution in [-0.2, 0) is 4.57 Å². The SMILES string of the molecule is COc1ccc(-c2cnsc2-c2cc(OC)c3c(c2)OCO3)c(OP(=O)([O-])[O-])c1. The van der Waals surface area contributed by atoms with Crippen LogP contribution in [0.3, 0.4) is 0 Å². The fourth-order valence-corrected chi connectivity index (χ4v) is 4.09. The van der Waals surface area contributed by atoms with E-state index in [4.69, 9.17) is 18.9 Å². The van der Waals surface area contributed by atoms with E-state index in [9.17, 15) is 14.4 Å². The molecule has 0 aliphatic carbocycles. The van der Waals surface area contributed by atoms with E-state index in [1.165, 1.54) is 31.8 Å². The predicted molar refractivity (Wildman–Crippen MR) is 100 cm³/mol. The highest BCUT2D eigenvalue weighted by molar-refractivity contribution is 7.43. The minimum Gasteiger partial charge on any atom is -0.780 e. The van der Waals surface area contributed by atoms with E-state index in [1.54, 1.807) is 30.5 Å². The lowest BCUT2D eigenvalue weighted by Gasteiger charge is -2.30. The molecule has 3 aromatic rings. The van der Waals surface area contributed by atoms with E-state index in [1.807, 2.05) is 0 Å². The number of ether oxygens (including phenoxy) is 4. The summed E-state index contributed by atoms with van der Waals surface area (Å²) in [5.41, 5.74) is 1.66. The van der Waals surface area contributed by atoms with Crippen LogP contribution in [0.2, 0.25) is 0 Å². The van der Waals surface area contributed by atoms with Crippen molar-refractivity contribution in [1.29, 1.82) is 0 Å². The zero-order valence-corrected chi connectivity index (χ0v) is 17.0. The first-order valence-electron chi connectivity index (χ1n) is 8.22. The number of benzene rings is 2. The van der Waals surface area contributed by atoms with Crippen LogP contribution in [0.15, 0.2) is 36.5 Å². The third-order valence-corrected chi connectivity index (χ3v) is 5.45. The Balaban J connectivity index is 1.85. The Morgan fingerprint density at radius 3 is 2.62 bits per heavy atom. The maximum absolute atomic E-state index is 11.2. The monoisotopic (exact) mass is 435 g/mol. The molecule has 1 aromatic heterocycles. The summed E-state index contributed by atoms with van der Waals surface area (Å²) in [6, 6.07) is 8.10. The van der Waals surface area contributed by atoms with Gasteiger partial charge in [-0.15, -0.1) is 0 Å². The van der Waals surface area contributed by atoms with Crippen LogP contribution in [0.25, 0.3) is 21.6 Å². The maximum atomic E-state index is 11.2. The fourth-order valence-electron chi connectivity index (χ4n) is 2.95. The summed E-state index contributed by atoms with van der Waals surface area (Å²) in [7, 11) is -2.35. The average molecular weight is 435 g/mol. The number of rotatable bonds is 6. The minimum atomic E-state index is -5.29. The molecule has 0 bridgehead atoms. The molecule has 0 atom stereocenters. The molecule has 0 spiro atoms. The van der Waals surface area contributed by atoms with Crippen molar-refractivity contribution in [3.63, 3.8) is 0 Å². The molecule has 0 saturated carbocycles. The molecule has 152 valence electrons. The number of fused-ring (bicyclic) bond motifs is 1. The highest BCUT2D eigenvalue weighted by Crippen LogP contribution is 2.48. The lowest BCUT2D eigenvalue weighted by Crippen LogP contribution is -2.18. The summed E-state index contributed by atoms with van der Waals surface area (Å²) < 4.78 is 41.5. The number of phosphoric acid groups is 1. The number of nitrogens with zero attached hydrogens (tertiary/aromatic N) is 1. The van der Waals surface area contributed by atoms with E-state index < -0.39 is 7.82 Å². The quantitative estimate of drug-likeness (QED) is 0.537. The molecule has 1 aliphatic heterocycles.